The monoisotopic (exact) mass is 475 g/mol. The summed E-state index contributed by atoms with van der Waals surface area (Å²) >= 11 is 6.40. The number of hydrogen-bond donors (Lipinski definition) is 0. The van der Waals surface area contributed by atoms with Crippen molar-refractivity contribution < 1.29 is 9.53 Å². The fraction of sp³-hybridized carbons (Fsp3) is 0.464. The predicted molar refractivity (Wildman–Crippen MR) is 134 cm³/mol. The molecule has 2 aromatic carbocycles. The molecule has 0 amide bonds. The molecule has 2 aromatic rings. The Kier molecular flexibility index (Phi) is 6.36. The van der Waals surface area contributed by atoms with E-state index in [1.54, 1.807) is 6.07 Å². The van der Waals surface area contributed by atoms with Gasteiger partial charge in [-0.1, -0.05) is 37.4 Å². The molecule has 6 heteroatoms. The van der Waals surface area contributed by atoms with Gasteiger partial charge in [-0.15, -0.1) is 0 Å². The first-order valence-electron chi connectivity index (χ1n) is 12.4. The van der Waals surface area contributed by atoms with Crippen LogP contribution in [0, 0.1) is 23.2 Å². The number of hydrazone groups is 1. The van der Waals surface area contributed by atoms with E-state index in [2.05, 4.69) is 17.1 Å². The van der Waals surface area contributed by atoms with Gasteiger partial charge in [0.2, 0.25) is 0 Å². The Hall–Kier alpha value is -2.84. The quantitative estimate of drug-likeness (QED) is 0.462. The number of anilines is 1. The number of halogens is 1. The molecule has 176 valence electrons. The Balaban J connectivity index is 1.51. The first-order valence-corrected chi connectivity index (χ1v) is 12.8. The van der Waals surface area contributed by atoms with Gasteiger partial charge >= 0.3 is 5.97 Å². The molecule has 2 aliphatic carbocycles. The van der Waals surface area contributed by atoms with Gasteiger partial charge in [-0.2, -0.15) is 10.4 Å². The number of benzene rings is 2. The molecule has 1 aliphatic heterocycles. The third kappa shape index (κ3) is 4.09. The molecule has 0 N–H and O–H groups in total. The second-order valence-electron chi connectivity index (χ2n) is 9.78. The number of esters is 1. The van der Waals surface area contributed by atoms with Crippen LogP contribution in [0.4, 0.5) is 5.69 Å². The molecular weight excluding hydrogens is 446 g/mol. The van der Waals surface area contributed by atoms with Crippen LogP contribution in [0.2, 0.25) is 5.02 Å². The number of hydrogen-bond acceptors (Lipinski definition) is 5. The molecule has 5 rings (SSSR count). The highest BCUT2D eigenvalue weighted by Crippen LogP contribution is 2.45. The number of carbonyl (C=O) groups is 1. The average molecular weight is 476 g/mol. The van der Waals surface area contributed by atoms with Crippen LogP contribution in [0.15, 0.2) is 41.5 Å². The van der Waals surface area contributed by atoms with Crippen LogP contribution >= 0.6 is 11.6 Å². The molecule has 3 aliphatic rings. The van der Waals surface area contributed by atoms with Crippen molar-refractivity contribution in [3.8, 4) is 6.07 Å². The van der Waals surface area contributed by atoms with E-state index in [-0.39, 0.29) is 12.1 Å². The van der Waals surface area contributed by atoms with Crippen molar-refractivity contribution in [1.29, 1.82) is 5.26 Å². The second-order valence-corrected chi connectivity index (χ2v) is 10.2. The zero-order valence-electron chi connectivity index (χ0n) is 19.8. The van der Waals surface area contributed by atoms with Crippen LogP contribution in [0.25, 0.3) is 0 Å². The van der Waals surface area contributed by atoms with Gasteiger partial charge in [-0.25, -0.2) is 4.79 Å². The molecule has 1 heterocycles. The normalized spacial score (nSPS) is 22.5. The number of nitrogens with zero attached hydrogens (tertiary/aromatic N) is 3. The van der Waals surface area contributed by atoms with E-state index in [4.69, 9.17) is 21.4 Å². The van der Waals surface area contributed by atoms with Crippen molar-refractivity contribution in [3.05, 3.63) is 63.7 Å². The summed E-state index contributed by atoms with van der Waals surface area (Å²) in [5, 5.41) is 17.1. The van der Waals surface area contributed by atoms with Crippen LogP contribution in [0.5, 0.6) is 0 Å². The molecular formula is C28H30ClN3O2. The minimum atomic E-state index is -0.259. The Morgan fingerprint density at radius 2 is 2.03 bits per heavy atom. The lowest BCUT2D eigenvalue weighted by molar-refractivity contribution is 0.0334. The van der Waals surface area contributed by atoms with Gasteiger partial charge in [0.05, 0.1) is 39.7 Å². The van der Waals surface area contributed by atoms with E-state index in [1.165, 1.54) is 31.2 Å². The maximum absolute atomic E-state index is 12.6. The molecule has 1 saturated carbocycles. The SMILES string of the molecule is CC[C@@H](C)OC(=O)c1ccc2c(c1)CC[C@H]1C2=NN(c2ccc(C#N)c(Cl)c2)[C@H]1C1CCCC1. The number of fused-ring (bicyclic) bond motifs is 3. The summed E-state index contributed by atoms with van der Waals surface area (Å²) in [5.41, 5.74) is 5.45. The number of ether oxygens (including phenoxy) is 1. The van der Waals surface area contributed by atoms with Crippen molar-refractivity contribution in [3.63, 3.8) is 0 Å². The first-order chi connectivity index (χ1) is 16.5. The average Bonchev–Trinajstić information content (AvgIpc) is 3.51. The minimum absolute atomic E-state index is 0.0907. The summed E-state index contributed by atoms with van der Waals surface area (Å²) in [7, 11) is 0. The van der Waals surface area contributed by atoms with E-state index >= 15 is 0 Å². The molecule has 0 saturated heterocycles. The van der Waals surface area contributed by atoms with Crippen LogP contribution < -0.4 is 5.01 Å². The van der Waals surface area contributed by atoms with Gasteiger partial charge < -0.3 is 4.74 Å². The van der Waals surface area contributed by atoms with Gasteiger partial charge in [-0.3, -0.25) is 5.01 Å². The molecule has 0 aromatic heterocycles. The van der Waals surface area contributed by atoms with E-state index in [0.717, 1.165) is 36.2 Å². The standard InChI is InChI=1S/C28H30ClN3O2/c1-3-17(2)34-28(33)20-10-12-23-19(14-20)9-13-24-26(23)31-32(27(24)18-6-4-5-7-18)22-11-8-21(16-30)25(29)15-22/h8,10-12,14-15,17-18,24,27H,3-7,9,13H2,1-2H3/t17-,24+,27+/m1/s1. The van der Waals surface area contributed by atoms with Gasteiger partial charge in [0, 0.05) is 11.5 Å². The Labute approximate surface area is 206 Å². The van der Waals surface area contributed by atoms with Gasteiger partial charge in [0.15, 0.2) is 0 Å². The summed E-state index contributed by atoms with van der Waals surface area (Å²) in [6.45, 7) is 3.93. The van der Waals surface area contributed by atoms with Crippen LogP contribution in [-0.2, 0) is 11.2 Å². The van der Waals surface area contributed by atoms with Crippen molar-refractivity contribution >= 4 is 29.0 Å². The second kappa shape index (κ2) is 9.43. The highest BCUT2D eigenvalue weighted by atomic mass is 35.5. The van der Waals surface area contributed by atoms with Crippen molar-refractivity contribution in [2.45, 2.75) is 70.9 Å². The van der Waals surface area contributed by atoms with E-state index in [9.17, 15) is 10.1 Å². The lowest BCUT2D eigenvalue weighted by Crippen LogP contribution is -2.40. The Morgan fingerprint density at radius 3 is 2.74 bits per heavy atom. The molecule has 1 fully saturated rings. The van der Waals surface area contributed by atoms with Crippen LogP contribution in [-0.4, -0.2) is 23.8 Å². The predicted octanol–water partition coefficient (Wildman–Crippen LogP) is 6.51. The summed E-state index contributed by atoms with van der Waals surface area (Å²) in [4.78, 5) is 12.6. The summed E-state index contributed by atoms with van der Waals surface area (Å²) in [6, 6.07) is 14.0. The lowest BCUT2D eigenvalue weighted by Gasteiger charge is -2.34. The number of aryl methyl sites for hydroxylation is 1. The molecule has 0 radical (unpaired) electrons. The van der Waals surface area contributed by atoms with Crippen molar-refractivity contribution in [1.82, 2.24) is 0 Å². The summed E-state index contributed by atoms with van der Waals surface area (Å²) in [5.74, 6) is 0.681. The van der Waals surface area contributed by atoms with Crippen molar-refractivity contribution in [2.75, 3.05) is 5.01 Å². The largest absolute Gasteiger partial charge is 0.459 e. The molecule has 0 unspecified atom stereocenters. The van der Waals surface area contributed by atoms with E-state index in [1.807, 2.05) is 38.1 Å². The lowest BCUT2D eigenvalue weighted by atomic mass is 9.75. The molecule has 0 bridgehead atoms. The first kappa shape index (κ1) is 22.9. The number of rotatable bonds is 5. The zero-order valence-corrected chi connectivity index (χ0v) is 20.5. The summed E-state index contributed by atoms with van der Waals surface area (Å²) < 4.78 is 5.54. The van der Waals surface area contributed by atoms with Crippen molar-refractivity contribution in [2.24, 2.45) is 16.9 Å². The van der Waals surface area contributed by atoms with Gasteiger partial charge in [0.25, 0.3) is 0 Å². The number of carbonyl (C=O) groups excluding carboxylic acids is 1. The Morgan fingerprint density at radius 1 is 1.24 bits per heavy atom. The topological polar surface area (TPSA) is 65.7 Å². The van der Waals surface area contributed by atoms with Crippen LogP contribution in [0.3, 0.4) is 0 Å². The Bertz CT molecular complexity index is 1180. The highest BCUT2D eigenvalue weighted by molar-refractivity contribution is 6.32. The summed E-state index contributed by atoms with van der Waals surface area (Å²) in [6.07, 6.45) is 7.62. The fourth-order valence-corrected chi connectivity index (χ4v) is 5.98. The third-order valence-corrected chi connectivity index (χ3v) is 8.02. The third-order valence-electron chi connectivity index (χ3n) is 7.71. The number of nitriles is 1. The molecule has 0 spiro atoms. The van der Waals surface area contributed by atoms with E-state index in [0.29, 0.717) is 34.0 Å². The van der Waals surface area contributed by atoms with E-state index < -0.39 is 0 Å². The highest BCUT2D eigenvalue weighted by Gasteiger charge is 2.45. The fourth-order valence-electron chi connectivity index (χ4n) is 5.77. The smallest absolute Gasteiger partial charge is 0.338 e. The van der Waals surface area contributed by atoms with Gasteiger partial charge in [-0.05, 0) is 80.8 Å². The minimum Gasteiger partial charge on any atom is -0.459 e. The molecule has 34 heavy (non-hydrogen) atoms. The molecule has 5 nitrogen and oxygen atoms in total. The van der Waals surface area contributed by atoms with Gasteiger partial charge in [0.1, 0.15) is 6.07 Å². The maximum Gasteiger partial charge on any atom is 0.338 e. The zero-order chi connectivity index (χ0) is 23.8. The van der Waals surface area contributed by atoms with Crippen LogP contribution in [0.1, 0.15) is 79.4 Å². The maximum atomic E-state index is 12.6. The molecule has 3 atom stereocenters.